The second-order valence-corrected chi connectivity index (χ2v) is 7.94. The number of carbonyl (C=O) groups excluding carboxylic acids is 1. The fraction of sp³-hybridized carbons (Fsp3) is 0.412. The van der Waals surface area contributed by atoms with Crippen molar-refractivity contribution in [3.63, 3.8) is 0 Å². The third-order valence-electron chi connectivity index (χ3n) is 3.83. The van der Waals surface area contributed by atoms with Crippen LogP contribution in [0.15, 0.2) is 43.0 Å². The summed E-state index contributed by atoms with van der Waals surface area (Å²) < 4.78 is 31.8. The molecule has 1 amide bonds. The largest absolute Gasteiger partial charge is 0.481 e. The van der Waals surface area contributed by atoms with Crippen molar-refractivity contribution in [3.05, 3.63) is 43.0 Å². The molecule has 2 rings (SSSR count). The summed E-state index contributed by atoms with van der Waals surface area (Å²) in [6.45, 7) is 3.00. The van der Waals surface area contributed by atoms with Gasteiger partial charge in [0.05, 0.1) is 18.3 Å². The number of benzene rings is 1. The molecule has 1 aromatic heterocycles. The van der Waals surface area contributed by atoms with Gasteiger partial charge in [0.15, 0.2) is 6.10 Å². The summed E-state index contributed by atoms with van der Waals surface area (Å²) in [5.74, 6) is 0.296. The van der Waals surface area contributed by atoms with Crippen molar-refractivity contribution in [3.8, 4) is 5.75 Å². The topological polar surface area (TPSA) is 93.5 Å². The van der Waals surface area contributed by atoms with Crippen molar-refractivity contribution in [2.75, 3.05) is 24.2 Å². The lowest BCUT2D eigenvalue weighted by molar-refractivity contribution is -0.127. The Morgan fingerprint density at radius 2 is 2.04 bits per heavy atom. The average molecular weight is 380 g/mol. The van der Waals surface area contributed by atoms with Crippen molar-refractivity contribution in [1.29, 1.82) is 0 Å². The van der Waals surface area contributed by atoms with E-state index in [0.29, 0.717) is 18.0 Å². The van der Waals surface area contributed by atoms with Crippen LogP contribution in [0.25, 0.3) is 0 Å². The van der Waals surface area contributed by atoms with Gasteiger partial charge >= 0.3 is 0 Å². The minimum Gasteiger partial charge on any atom is -0.481 e. The molecule has 0 saturated carbocycles. The normalized spacial score (nSPS) is 12.4. The lowest BCUT2D eigenvalue weighted by Crippen LogP contribution is -2.37. The van der Waals surface area contributed by atoms with E-state index in [2.05, 4.69) is 10.3 Å². The van der Waals surface area contributed by atoms with Crippen molar-refractivity contribution in [2.24, 2.45) is 0 Å². The maximum atomic E-state index is 12.1. The van der Waals surface area contributed by atoms with Crippen molar-refractivity contribution >= 4 is 21.6 Å². The molecule has 142 valence electrons. The Balaban J connectivity index is 1.79. The lowest BCUT2D eigenvalue weighted by atomic mass is 10.3. The predicted molar refractivity (Wildman–Crippen MR) is 99.6 cm³/mol. The molecule has 1 N–H and O–H groups in total. The van der Waals surface area contributed by atoms with Gasteiger partial charge in [-0.2, -0.15) is 0 Å². The number of carbonyl (C=O) groups is 1. The van der Waals surface area contributed by atoms with Crippen LogP contribution in [0.2, 0.25) is 0 Å². The molecular formula is C17H24N4O4S. The molecule has 2 aromatic rings. The number of hydrogen-bond donors (Lipinski definition) is 1. The van der Waals surface area contributed by atoms with Crippen molar-refractivity contribution in [2.45, 2.75) is 26.0 Å². The molecule has 0 spiro atoms. The zero-order valence-electron chi connectivity index (χ0n) is 15.1. The van der Waals surface area contributed by atoms with Crippen molar-refractivity contribution < 1.29 is 17.9 Å². The number of amides is 1. The quantitative estimate of drug-likeness (QED) is 0.661. The molecule has 1 heterocycles. The van der Waals surface area contributed by atoms with Crippen LogP contribution in [0.5, 0.6) is 5.75 Å². The molecule has 0 fully saturated rings. The van der Waals surface area contributed by atoms with E-state index in [4.69, 9.17) is 4.74 Å². The van der Waals surface area contributed by atoms with Gasteiger partial charge in [0, 0.05) is 32.5 Å². The van der Waals surface area contributed by atoms with Crippen LogP contribution in [0.3, 0.4) is 0 Å². The molecular weight excluding hydrogens is 356 g/mol. The Morgan fingerprint density at radius 1 is 1.35 bits per heavy atom. The summed E-state index contributed by atoms with van der Waals surface area (Å²) in [6, 6.07) is 6.54. The van der Waals surface area contributed by atoms with Crippen LogP contribution in [-0.2, 0) is 21.4 Å². The van der Waals surface area contributed by atoms with Crippen LogP contribution >= 0.6 is 0 Å². The number of nitrogens with one attached hydrogen (secondary N) is 1. The molecule has 0 radical (unpaired) electrons. The SMILES string of the molecule is C[C@@H](Oc1ccc(N(C)S(C)(=O)=O)cc1)C(=O)NCCCn1ccnc1. The van der Waals surface area contributed by atoms with Crippen LogP contribution in [0.4, 0.5) is 5.69 Å². The number of imidazole rings is 1. The number of ether oxygens (including phenoxy) is 1. The molecule has 8 nitrogen and oxygen atoms in total. The maximum absolute atomic E-state index is 12.1. The summed E-state index contributed by atoms with van der Waals surface area (Å²) in [4.78, 5) is 16.0. The number of nitrogens with zero attached hydrogens (tertiary/aromatic N) is 3. The fourth-order valence-corrected chi connectivity index (χ4v) is 2.72. The Morgan fingerprint density at radius 3 is 2.62 bits per heavy atom. The molecule has 0 unspecified atom stereocenters. The second kappa shape index (κ2) is 8.70. The summed E-state index contributed by atoms with van der Waals surface area (Å²) in [6.07, 6.45) is 6.60. The van der Waals surface area contributed by atoms with Crippen LogP contribution in [-0.4, -0.2) is 49.8 Å². The van der Waals surface area contributed by atoms with E-state index in [1.54, 1.807) is 43.7 Å². The van der Waals surface area contributed by atoms with E-state index in [0.717, 1.165) is 19.2 Å². The maximum Gasteiger partial charge on any atom is 0.260 e. The highest BCUT2D eigenvalue weighted by atomic mass is 32.2. The van der Waals surface area contributed by atoms with E-state index < -0.39 is 16.1 Å². The van der Waals surface area contributed by atoms with Crippen LogP contribution in [0, 0.1) is 0 Å². The standard InChI is InChI=1S/C17H24N4O4S/c1-14(17(22)19-9-4-11-21-12-10-18-13-21)25-16-7-5-15(6-8-16)20(2)26(3,23)24/h5-8,10,12-14H,4,9,11H2,1-3H3,(H,19,22)/t14-/m1/s1. The Labute approximate surface area is 153 Å². The van der Waals surface area contributed by atoms with Crippen molar-refractivity contribution in [1.82, 2.24) is 14.9 Å². The number of aryl methyl sites for hydroxylation is 1. The Kier molecular flexibility index (Phi) is 6.62. The molecule has 0 saturated heterocycles. The number of hydrogen-bond acceptors (Lipinski definition) is 5. The smallest absolute Gasteiger partial charge is 0.260 e. The molecule has 0 aliphatic carbocycles. The molecule has 0 aliphatic heterocycles. The third kappa shape index (κ3) is 5.76. The number of sulfonamides is 1. The Hall–Kier alpha value is -2.55. The zero-order valence-corrected chi connectivity index (χ0v) is 15.9. The van der Waals surface area contributed by atoms with Gasteiger partial charge in [-0.3, -0.25) is 9.10 Å². The average Bonchev–Trinajstić information content (AvgIpc) is 3.11. The first kappa shape index (κ1) is 19.8. The number of rotatable bonds is 9. The molecule has 1 aromatic carbocycles. The van der Waals surface area contributed by atoms with Gasteiger partial charge in [-0.15, -0.1) is 0 Å². The van der Waals surface area contributed by atoms with Gasteiger partial charge in [-0.1, -0.05) is 0 Å². The second-order valence-electron chi connectivity index (χ2n) is 5.93. The first-order valence-electron chi connectivity index (χ1n) is 8.21. The summed E-state index contributed by atoms with van der Waals surface area (Å²) >= 11 is 0. The van der Waals surface area contributed by atoms with E-state index in [1.807, 2.05) is 10.8 Å². The van der Waals surface area contributed by atoms with Crippen LogP contribution < -0.4 is 14.4 Å². The summed E-state index contributed by atoms with van der Waals surface area (Å²) in [5, 5.41) is 2.83. The highest BCUT2D eigenvalue weighted by Gasteiger charge is 2.15. The number of anilines is 1. The van der Waals surface area contributed by atoms with E-state index in [1.165, 1.54) is 11.4 Å². The zero-order chi connectivity index (χ0) is 19.2. The van der Waals surface area contributed by atoms with Gasteiger partial charge in [0.1, 0.15) is 5.75 Å². The molecule has 26 heavy (non-hydrogen) atoms. The third-order valence-corrected chi connectivity index (χ3v) is 5.04. The van der Waals surface area contributed by atoms with Gasteiger partial charge < -0.3 is 14.6 Å². The van der Waals surface area contributed by atoms with Gasteiger partial charge in [-0.25, -0.2) is 13.4 Å². The number of aromatic nitrogens is 2. The van der Waals surface area contributed by atoms with E-state index >= 15 is 0 Å². The fourth-order valence-electron chi connectivity index (χ4n) is 2.22. The first-order chi connectivity index (χ1) is 12.3. The molecule has 0 bridgehead atoms. The molecule has 1 atom stereocenters. The summed E-state index contributed by atoms with van der Waals surface area (Å²) in [5.41, 5.74) is 0.524. The lowest BCUT2D eigenvalue weighted by Gasteiger charge is -2.18. The predicted octanol–water partition coefficient (Wildman–Crippen LogP) is 1.25. The van der Waals surface area contributed by atoms with Gasteiger partial charge in [-0.05, 0) is 37.6 Å². The highest BCUT2D eigenvalue weighted by Crippen LogP contribution is 2.21. The monoisotopic (exact) mass is 380 g/mol. The van der Waals surface area contributed by atoms with E-state index in [-0.39, 0.29) is 5.91 Å². The minimum absolute atomic E-state index is 0.201. The minimum atomic E-state index is -3.31. The summed E-state index contributed by atoms with van der Waals surface area (Å²) in [7, 11) is -1.83. The molecule has 0 aliphatic rings. The first-order valence-corrected chi connectivity index (χ1v) is 10.1. The Bertz CT molecular complexity index is 804. The van der Waals surface area contributed by atoms with Gasteiger partial charge in [0.2, 0.25) is 10.0 Å². The van der Waals surface area contributed by atoms with E-state index in [9.17, 15) is 13.2 Å². The highest BCUT2D eigenvalue weighted by molar-refractivity contribution is 7.92. The van der Waals surface area contributed by atoms with Gasteiger partial charge in [0.25, 0.3) is 5.91 Å². The molecule has 9 heteroatoms. The van der Waals surface area contributed by atoms with Crippen LogP contribution in [0.1, 0.15) is 13.3 Å².